The van der Waals surface area contributed by atoms with Crippen LogP contribution in [0.1, 0.15) is 17.3 Å². The summed E-state index contributed by atoms with van der Waals surface area (Å²) < 4.78 is 13.9. The van der Waals surface area contributed by atoms with Crippen LogP contribution in [0.15, 0.2) is 24.3 Å². The third-order valence-corrected chi connectivity index (χ3v) is 1.82. The van der Waals surface area contributed by atoms with Crippen molar-refractivity contribution in [3.63, 3.8) is 0 Å². The molecule has 0 aliphatic rings. The molecule has 92 valence electrons. The normalized spacial score (nSPS) is 11.5. The van der Waals surface area contributed by atoms with Gasteiger partial charge in [-0.05, 0) is 31.2 Å². The van der Waals surface area contributed by atoms with Crippen LogP contribution in [-0.2, 0) is 9.47 Å². The first-order chi connectivity index (χ1) is 8.02. The molecule has 5 nitrogen and oxygen atoms in total. The summed E-state index contributed by atoms with van der Waals surface area (Å²) in [7, 11) is 1.28. The van der Waals surface area contributed by atoms with Crippen LogP contribution in [0.3, 0.4) is 0 Å². The van der Waals surface area contributed by atoms with Crippen LogP contribution >= 0.6 is 11.6 Å². The maximum atomic E-state index is 11.1. The molecule has 6 heteroatoms. The number of carbonyl (C=O) groups is 2. The summed E-state index contributed by atoms with van der Waals surface area (Å²) in [5.74, 6) is -0.214. The van der Waals surface area contributed by atoms with E-state index in [4.69, 9.17) is 16.3 Å². The van der Waals surface area contributed by atoms with Crippen LogP contribution in [0.5, 0.6) is 5.75 Å². The Kier molecular flexibility index (Phi) is 4.78. The highest BCUT2D eigenvalue weighted by Crippen LogP contribution is 2.14. The Morgan fingerprint density at radius 2 is 1.82 bits per heavy atom. The Hall–Kier alpha value is -1.75. The minimum Gasteiger partial charge on any atom is -0.465 e. The Balaban J connectivity index is 2.62. The minimum atomic E-state index is -0.904. The van der Waals surface area contributed by atoms with E-state index < -0.39 is 17.7 Å². The van der Waals surface area contributed by atoms with E-state index in [1.54, 1.807) is 0 Å². The van der Waals surface area contributed by atoms with E-state index in [1.165, 1.54) is 38.3 Å². The number of hydrogen-bond donors (Lipinski definition) is 0. The second-order valence-electron chi connectivity index (χ2n) is 3.03. The Morgan fingerprint density at radius 1 is 1.24 bits per heavy atom. The molecule has 1 aromatic carbocycles. The van der Waals surface area contributed by atoms with Crippen molar-refractivity contribution in [2.45, 2.75) is 12.5 Å². The number of benzene rings is 1. The summed E-state index contributed by atoms with van der Waals surface area (Å²) in [6, 6.07) is 5.84. The van der Waals surface area contributed by atoms with E-state index in [9.17, 15) is 9.59 Å². The van der Waals surface area contributed by atoms with E-state index in [2.05, 4.69) is 9.47 Å². The van der Waals surface area contributed by atoms with E-state index in [1.807, 2.05) is 0 Å². The van der Waals surface area contributed by atoms with Crippen molar-refractivity contribution in [2.75, 3.05) is 7.11 Å². The smallest absolute Gasteiger partial charge is 0.465 e. The zero-order valence-electron chi connectivity index (χ0n) is 9.31. The Bertz CT molecular complexity index is 399. The van der Waals surface area contributed by atoms with Crippen LogP contribution in [0, 0.1) is 0 Å². The molecule has 0 aliphatic carbocycles. The molecule has 1 rings (SSSR count). The van der Waals surface area contributed by atoms with Gasteiger partial charge in [0.25, 0.3) is 0 Å². The number of ether oxygens (including phenoxy) is 3. The van der Waals surface area contributed by atoms with Crippen LogP contribution in [0.4, 0.5) is 4.79 Å². The van der Waals surface area contributed by atoms with Gasteiger partial charge in [-0.15, -0.1) is 0 Å². The molecule has 0 heterocycles. The lowest BCUT2D eigenvalue weighted by atomic mass is 10.2. The lowest BCUT2D eigenvalue weighted by Gasteiger charge is -2.07. The molecule has 0 amide bonds. The molecule has 0 fully saturated rings. The van der Waals surface area contributed by atoms with Crippen LogP contribution in [0.2, 0.25) is 0 Å². The zero-order chi connectivity index (χ0) is 12.8. The number of rotatable bonds is 3. The first kappa shape index (κ1) is 13.3. The lowest BCUT2D eigenvalue weighted by Crippen LogP contribution is -2.14. The molecule has 0 N–H and O–H groups in total. The molecule has 17 heavy (non-hydrogen) atoms. The van der Waals surface area contributed by atoms with Crippen molar-refractivity contribution in [3.8, 4) is 5.75 Å². The van der Waals surface area contributed by atoms with Crippen molar-refractivity contribution in [2.24, 2.45) is 0 Å². The van der Waals surface area contributed by atoms with E-state index in [0.717, 1.165) is 0 Å². The fraction of sp³-hybridized carbons (Fsp3) is 0.273. The van der Waals surface area contributed by atoms with E-state index >= 15 is 0 Å². The molecule has 1 atom stereocenters. The second-order valence-corrected chi connectivity index (χ2v) is 3.64. The molecule has 0 bridgehead atoms. The van der Waals surface area contributed by atoms with Gasteiger partial charge in [0.1, 0.15) is 5.75 Å². The molecular formula is C11H11ClO5. The van der Waals surface area contributed by atoms with E-state index in [0.29, 0.717) is 5.56 Å². The number of alkyl halides is 1. The fourth-order valence-electron chi connectivity index (χ4n) is 1.03. The van der Waals surface area contributed by atoms with Gasteiger partial charge >= 0.3 is 12.1 Å². The molecule has 1 aromatic rings. The largest absolute Gasteiger partial charge is 0.515 e. The minimum absolute atomic E-state index is 0.250. The topological polar surface area (TPSA) is 61.8 Å². The summed E-state index contributed by atoms with van der Waals surface area (Å²) >= 11 is 5.44. The van der Waals surface area contributed by atoms with Crippen molar-refractivity contribution in [1.29, 1.82) is 0 Å². The SMILES string of the molecule is COC(=O)c1ccc(OC(=O)OC(C)Cl)cc1. The summed E-state index contributed by atoms with van der Waals surface area (Å²) in [5, 5.41) is 0. The summed E-state index contributed by atoms with van der Waals surface area (Å²) in [4.78, 5) is 22.2. The van der Waals surface area contributed by atoms with Gasteiger partial charge in [-0.1, -0.05) is 11.6 Å². The number of methoxy groups -OCH3 is 1. The zero-order valence-corrected chi connectivity index (χ0v) is 10.1. The maximum absolute atomic E-state index is 11.1. The summed E-state index contributed by atoms with van der Waals surface area (Å²) in [5.41, 5.74) is -0.407. The monoisotopic (exact) mass is 258 g/mol. The molecule has 0 saturated heterocycles. The van der Waals surface area contributed by atoms with Crippen molar-refractivity contribution in [1.82, 2.24) is 0 Å². The number of hydrogen-bond acceptors (Lipinski definition) is 5. The highest BCUT2D eigenvalue weighted by Gasteiger charge is 2.10. The predicted octanol–water partition coefficient (Wildman–Crippen LogP) is 2.57. The van der Waals surface area contributed by atoms with Gasteiger partial charge in [0, 0.05) is 0 Å². The highest BCUT2D eigenvalue weighted by atomic mass is 35.5. The molecule has 0 aliphatic heterocycles. The van der Waals surface area contributed by atoms with Crippen molar-refractivity contribution < 1.29 is 23.8 Å². The number of carbonyl (C=O) groups excluding carboxylic acids is 2. The average molecular weight is 259 g/mol. The van der Waals surface area contributed by atoms with Gasteiger partial charge in [-0.3, -0.25) is 0 Å². The number of halogens is 1. The predicted molar refractivity (Wildman–Crippen MR) is 60.2 cm³/mol. The molecule has 1 unspecified atom stereocenters. The van der Waals surface area contributed by atoms with Gasteiger partial charge in [0.2, 0.25) is 0 Å². The summed E-state index contributed by atoms with van der Waals surface area (Å²) in [6.07, 6.45) is -0.904. The van der Waals surface area contributed by atoms with Crippen LogP contribution in [0.25, 0.3) is 0 Å². The highest BCUT2D eigenvalue weighted by molar-refractivity contribution is 6.19. The lowest BCUT2D eigenvalue weighted by molar-refractivity contribution is 0.0600. The van der Waals surface area contributed by atoms with Gasteiger partial charge in [-0.2, -0.15) is 0 Å². The number of esters is 1. The molecule has 0 spiro atoms. The first-order valence-corrected chi connectivity index (χ1v) is 5.17. The van der Waals surface area contributed by atoms with E-state index in [-0.39, 0.29) is 5.75 Å². The summed E-state index contributed by atoms with van der Waals surface area (Å²) in [6.45, 7) is 1.49. The van der Waals surface area contributed by atoms with Gasteiger partial charge in [0.05, 0.1) is 12.7 Å². The van der Waals surface area contributed by atoms with Crippen molar-refractivity contribution >= 4 is 23.7 Å². The third kappa shape index (κ3) is 4.32. The molecule has 0 aromatic heterocycles. The average Bonchev–Trinajstić information content (AvgIpc) is 2.28. The quantitative estimate of drug-likeness (QED) is 0.474. The molecule has 0 saturated carbocycles. The standard InChI is InChI=1S/C11H11ClO5/c1-7(12)16-11(14)17-9-5-3-8(4-6-9)10(13)15-2/h3-7H,1-2H3. The van der Waals surface area contributed by atoms with Crippen LogP contribution < -0.4 is 4.74 Å². The van der Waals surface area contributed by atoms with Gasteiger partial charge in [-0.25, -0.2) is 9.59 Å². The van der Waals surface area contributed by atoms with Gasteiger partial charge in [0.15, 0.2) is 5.56 Å². The first-order valence-electron chi connectivity index (χ1n) is 4.74. The molecular weight excluding hydrogens is 248 g/mol. The van der Waals surface area contributed by atoms with Gasteiger partial charge < -0.3 is 14.2 Å². The third-order valence-electron chi connectivity index (χ3n) is 1.74. The van der Waals surface area contributed by atoms with Crippen LogP contribution in [-0.4, -0.2) is 24.8 Å². The molecule has 0 radical (unpaired) electrons. The maximum Gasteiger partial charge on any atom is 0.515 e. The fourth-order valence-corrected chi connectivity index (χ4v) is 1.10. The Labute approximate surface area is 103 Å². The van der Waals surface area contributed by atoms with Crippen molar-refractivity contribution in [3.05, 3.63) is 29.8 Å². The second kappa shape index (κ2) is 6.10. The Morgan fingerprint density at radius 3 is 2.29 bits per heavy atom.